The van der Waals surface area contributed by atoms with Gasteiger partial charge in [-0.3, -0.25) is 31.3 Å². The maximum atomic E-state index is 11.9. The van der Waals surface area contributed by atoms with Crippen molar-refractivity contribution in [3.05, 3.63) is 56.5 Å². The molecule has 0 aliphatic rings. The van der Waals surface area contributed by atoms with Crippen LogP contribution in [0.5, 0.6) is 0 Å². The Morgan fingerprint density at radius 2 is 0.912 bits per heavy atom. The molecule has 0 radical (unpaired) electrons. The number of hydrogen-bond donors (Lipinski definition) is 6. The van der Waals surface area contributed by atoms with E-state index in [0.29, 0.717) is 44.3 Å². The lowest BCUT2D eigenvalue weighted by molar-refractivity contribution is -0.123. The van der Waals surface area contributed by atoms with Gasteiger partial charge in [-0.2, -0.15) is 0 Å². The molecule has 8 nitrogen and oxygen atoms in total. The zero-order valence-electron chi connectivity index (χ0n) is 17.4. The third-order valence-corrected chi connectivity index (χ3v) is 5.21. The van der Waals surface area contributed by atoms with E-state index in [1.54, 1.807) is 36.4 Å². The third kappa shape index (κ3) is 11.4. The fourth-order valence-electron chi connectivity index (χ4n) is 2.53. The maximum Gasteiger partial charge on any atom is 0.238 e. The minimum atomic E-state index is -0.280. The first-order valence-corrected chi connectivity index (χ1v) is 12.1. The van der Waals surface area contributed by atoms with Gasteiger partial charge in [0.05, 0.1) is 0 Å². The van der Waals surface area contributed by atoms with Gasteiger partial charge in [-0.1, -0.05) is 46.4 Å². The highest BCUT2D eigenvalue weighted by Crippen LogP contribution is 2.23. The van der Waals surface area contributed by atoms with Crippen molar-refractivity contribution in [2.45, 2.75) is 25.7 Å². The van der Waals surface area contributed by atoms with Crippen molar-refractivity contribution in [1.82, 2.24) is 21.7 Å². The van der Waals surface area contributed by atoms with E-state index in [9.17, 15) is 9.59 Å². The number of carbonyl (C=O) groups excluding carboxylic acids is 2. The Kier molecular flexibility index (Phi) is 11.9. The van der Waals surface area contributed by atoms with Crippen molar-refractivity contribution in [3.8, 4) is 0 Å². The van der Waals surface area contributed by atoms with Crippen LogP contribution in [0, 0.1) is 0 Å². The summed E-state index contributed by atoms with van der Waals surface area (Å²) in [6.07, 6.45) is 1.40. The van der Waals surface area contributed by atoms with E-state index in [-0.39, 0.29) is 34.9 Å². The van der Waals surface area contributed by atoms with Crippen LogP contribution in [0.15, 0.2) is 36.4 Å². The van der Waals surface area contributed by atoms with E-state index in [4.69, 9.17) is 70.8 Å². The molecular weight excluding hydrogens is 562 g/mol. The first-order valence-electron chi connectivity index (χ1n) is 9.74. The second kappa shape index (κ2) is 14.3. The maximum absolute atomic E-state index is 11.9. The Morgan fingerprint density at radius 3 is 1.24 bits per heavy atom. The predicted molar refractivity (Wildman–Crippen MR) is 146 cm³/mol. The number of rotatable bonds is 7. The normalized spacial score (nSPS) is 10.1. The van der Waals surface area contributed by atoms with Gasteiger partial charge in [0.15, 0.2) is 10.2 Å². The highest BCUT2D eigenvalue weighted by atomic mass is 35.5. The fourth-order valence-corrected chi connectivity index (χ4v) is 3.92. The van der Waals surface area contributed by atoms with Gasteiger partial charge in [0.1, 0.15) is 0 Å². The van der Waals surface area contributed by atoms with Gasteiger partial charge in [-0.05, 0) is 73.7 Å². The van der Waals surface area contributed by atoms with Crippen LogP contribution in [-0.4, -0.2) is 22.0 Å². The van der Waals surface area contributed by atoms with Crippen LogP contribution in [0.1, 0.15) is 25.7 Å². The second-order valence-electron chi connectivity index (χ2n) is 6.78. The number of anilines is 2. The number of hydrogen-bond acceptors (Lipinski definition) is 4. The number of halogens is 4. The summed E-state index contributed by atoms with van der Waals surface area (Å²) in [6.45, 7) is 0. The van der Waals surface area contributed by atoms with Crippen LogP contribution in [0.3, 0.4) is 0 Å². The van der Waals surface area contributed by atoms with Crippen LogP contribution in [0.4, 0.5) is 11.4 Å². The van der Waals surface area contributed by atoms with E-state index in [1.807, 2.05) is 0 Å². The van der Waals surface area contributed by atoms with Crippen LogP contribution in [0.2, 0.25) is 20.1 Å². The van der Waals surface area contributed by atoms with Crippen molar-refractivity contribution >= 4 is 104 Å². The number of amides is 2. The average Bonchev–Trinajstić information content (AvgIpc) is 2.72. The molecule has 0 fully saturated rings. The second-order valence-corrected chi connectivity index (χ2v) is 9.34. The number of benzene rings is 2. The van der Waals surface area contributed by atoms with Crippen LogP contribution >= 0.6 is 70.8 Å². The summed E-state index contributed by atoms with van der Waals surface area (Å²) < 4.78 is 0. The molecule has 2 aromatic rings. The van der Waals surface area contributed by atoms with Gasteiger partial charge in [0, 0.05) is 44.3 Å². The molecule has 6 N–H and O–H groups in total. The van der Waals surface area contributed by atoms with Crippen LogP contribution in [-0.2, 0) is 9.59 Å². The Morgan fingerprint density at radius 1 is 0.588 bits per heavy atom. The quantitative estimate of drug-likeness (QED) is 0.151. The summed E-state index contributed by atoms with van der Waals surface area (Å²) in [7, 11) is 0. The highest BCUT2D eigenvalue weighted by molar-refractivity contribution is 7.80. The summed E-state index contributed by atoms with van der Waals surface area (Å²) in [5, 5.41) is 7.84. The molecular formula is C20H20Cl4N6O2S2. The van der Waals surface area contributed by atoms with Crippen molar-refractivity contribution in [2.24, 2.45) is 0 Å². The van der Waals surface area contributed by atoms with Gasteiger partial charge in [-0.15, -0.1) is 0 Å². The molecule has 0 aromatic heterocycles. The largest absolute Gasteiger partial charge is 0.331 e. The monoisotopic (exact) mass is 580 g/mol. The summed E-state index contributed by atoms with van der Waals surface area (Å²) in [6, 6.07) is 9.73. The molecule has 0 spiro atoms. The Bertz CT molecular complexity index is 949. The molecule has 2 aromatic carbocycles. The first kappa shape index (κ1) is 28.2. The standard InChI is InChI=1S/C20H20Cl4N6O2S2/c21-11-5-12(22)8-15(7-11)25-19(33)29-27-17(31)3-1-2-4-18(32)28-30-20(34)26-16-9-13(23)6-14(24)10-16/h5-10H,1-4H2,(H,27,31)(H,28,32)(H2,25,29,33)(H2,26,30,34). The van der Waals surface area contributed by atoms with Crippen molar-refractivity contribution in [3.63, 3.8) is 0 Å². The van der Waals surface area contributed by atoms with E-state index < -0.39 is 0 Å². The lowest BCUT2D eigenvalue weighted by atomic mass is 10.2. The summed E-state index contributed by atoms with van der Waals surface area (Å²) in [5.74, 6) is -0.560. The molecule has 2 amide bonds. The summed E-state index contributed by atoms with van der Waals surface area (Å²) in [5.41, 5.74) is 11.3. The number of thiocarbonyl (C=S) groups is 2. The van der Waals surface area contributed by atoms with E-state index in [0.717, 1.165) is 0 Å². The van der Waals surface area contributed by atoms with Gasteiger partial charge < -0.3 is 10.6 Å². The van der Waals surface area contributed by atoms with Gasteiger partial charge in [-0.25, -0.2) is 0 Å². The lowest BCUT2D eigenvalue weighted by Crippen LogP contribution is -2.44. The van der Waals surface area contributed by atoms with Gasteiger partial charge >= 0.3 is 0 Å². The smallest absolute Gasteiger partial charge is 0.238 e. The minimum Gasteiger partial charge on any atom is -0.331 e. The Labute approximate surface area is 227 Å². The zero-order chi connectivity index (χ0) is 25.1. The number of carbonyl (C=O) groups is 2. The number of unbranched alkanes of at least 4 members (excludes halogenated alkanes) is 1. The topological polar surface area (TPSA) is 106 Å². The molecule has 0 aliphatic carbocycles. The molecule has 0 saturated carbocycles. The Hall–Kier alpha value is -2.08. The molecule has 0 saturated heterocycles. The lowest BCUT2D eigenvalue weighted by Gasteiger charge is -2.13. The SMILES string of the molecule is O=C(CCCCC(=O)NNC(=S)Nc1cc(Cl)cc(Cl)c1)NNC(=S)Nc1cc(Cl)cc(Cl)c1. The van der Waals surface area contributed by atoms with E-state index in [2.05, 4.69) is 32.3 Å². The van der Waals surface area contributed by atoms with E-state index >= 15 is 0 Å². The van der Waals surface area contributed by atoms with E-state index in [1.165, 1.54) is 0 Å². The molecule has 0 unspecified atom stereocenters. The third-order valence-electron chi connectivity index (χ3n) is 3.93. The summed E-state index contributed by atoms with van der Waals surface area (Å²) in [4.78, 5) is 23.9. The highest BCUT2D eigenvalue weighted by Gasteiger charge is 2.07. The molecule has 14 heteroatoms. The fraction of sp³-hybridized carbons (Fsp3) is 0.200. The number of hydrazine groups is 2. The van der Waals surface area contributed by atoms with Gasteiger partial charge in [0.2, 0.25) is 11.8 Å². The predicted octanol–water partition coefficient (Wildman–Crippen LogP) is 5.20. The first-order chi connectivity index (χ1) is 16.1. The zero-order valence-corrected chi connectivity index (χ0v) is 22.1. The number of nitrogens with one attached hydrogen (secondary N) is 6. The molecule has 0 atom stereocenters. The van der Waals surface area contributed by atoms with Crippen molar-refractivity contribution < 1.29 is 9.59 Å². The minimum absolute atomic E-state index is 0.168. The summed E-state index contributed by atoms with van der Waals surface area (Å²) >= 11 is 33.9. The van der Waals surface area contributed by atoms with Crippen LogP contribution < -0.4 is 32.3 Å². The van der Waals surface area contributed by atoms with Crippen molar-refractivity contribution in [1.29, 1.82) is 0 Å². The Balaban J connectivity index is 1.57. The molecule has 0 heterocycles. The molecule has 0 aliphatic heterocycles. The van der Waals surface area contributed by atoms with Crippen LogP contribution in [0.25, 0.3) is 0 Å². The van der Waals surface area contributed by atoms with Crippen molar-refractivity contribution in [2.75, 3.05) is 10.6 Å². The average molecular weight is 582 g/mol. The molecule has 2 rings (SSSR count). The molecule has 0 bridgehead atoms. The van der Waals surface area contributed by atoms with Gasteiger partial charge in [0.25, 0.3) is 0 Å². The molecule has 182 valence electrons. The molecule has 34 heavy (non-hydrogen) atoms.